The van der Waals surface area contributed by atoms with Gasteiger partial charge in [-0.1, -0.05) is 33.6 Å². The SMILES string of the molecule is CCN(CC)CCCN(CC)CCCCCCNC1CC1. The van der Waals surface area contributed by atoms with Crippen LogP contribution >= 0.6 is 0 Å². The van der Waals surface area contributed by atoms with Crippen molar-refractivity contribution in [3.05, 3.63) is 0 Å². The van der Waals surface area contributed by atoms with Gasteiger partial charge in [0.05, 0.1) is 0 Å². The molecule has 3 nitrogen and oxygen atoms in total. The molecule has 0 amide bonds. The predicted octanol–water partition coefficient (Wildman–Crippen LogP) is 3.35. The molecule has 0 aromatic rings. The molecule has 1 fully saturated rings. The average Bonchev–Trinajstić information content (AvgIpc) is 3.32. The fourth-order valence-corrected chi connectivity index (χ4v) is 2.89. The van der Waals surface area contributed by atoms with E-state index in [2.05, 4.69) is 35.9 Å². The van der Waals surface area contributed by atoms with Crippen LogP contribution in [0.4, 0.5) is 0 Å². The molecule has 0 bridgehead atoms. The molecule has 0 spiro atoms. The first-order valence-electron chi connectivity index (χ1n) is 9.48. The van der Waals surface area contributed by atoms with E-state index in [-0.39, 0.29) is 0 Å². The zero-order chi connectivity index (χ0) is 15.3. The van der Waals surface area contributed by atoms with Gasteiger partial charge in [0.15, 0.2) is 0 Å². The lowest BCUT2D eigenvalue weighted by Gasteiger charge is -2.23. The Labute approximate surface area is 133 Å². The van der Waals surface area contributed by atoms with Gasteiger partial charge in [-0.05, 0) is 77.9 Å². The average molecular weight is 298 g/mol. The van der Waals surface area contributed by atoms with Crippen molar-refractivity contribution in [2.45, 2.75) is 71.8 Å². The van der Waals surface area contributed by atoms with Gasteiger partial charge in [0.2, 0.25) is 0 Å². The van der Waals surface area contributed by atoms with Crippen molar-refractivity contribution in [2.75, 3.05) is 45.8 Å². The number of nitrogens with zero attached hydrogens (tertiary/aromatic N) is 2. The summed E-state index contributed by atoms with van der Waals surface area (Å²) in [4.78, 5) is 5.16. The van der Waals surface area contributed by atoms with Crippen LogP contribution in [0.2, 0.25) is 0 Å². The highest BCUT2D eigenvalue weighted by molar-refractivity contribution is 4.80. The lowest BCUT2D eigenvalue weighted by Crippen LogP contribution is -2.30. The van der Waals surface area contributed by atoms with E-state index in [4.69, 9.17) is 0 Å². The number of rotatable bonds is 15. The molecule has 0 atom stereocenters. The van der Waals surface area contributed by atoms with Gasteiger partial charge in [-0.25, -0.2) is 0 Å². The van der Waals surface area contributed by atoms with Gasteiger partial charge in [0.1, 0.15) is 0 Å². The highest BCUT2D eigenvalue weighted by Gasteiger charge is 2.19. The van der Waals surface area contributed by atoms with Gasteiger partial charge >= 0.3 is 0 Å². The fraction of sp³-hybridized carbons (Fsp3) is 1.00. The molecule has 1 aliphatic rings. The first kappa shape index (κ1) is 18.9. The highest BCUT2D eigenvalue weighted by Crippen LogP contribution is 2.18. The van der Waals surface area contributed by atoms with Gasteiger partial charge < -0.3 is 15.1 Å². The highest BCUT2D eigenvalue weighted by atomic mass is 15.1. The molecule has 0 aromatic heterocycles. The van der Waals surface area contributed by atoms with Crippen LogP contribution in [0.15, 0.2) is 0 Å². The molecule has 126 valence electrons. The fourth-order valence-electron chi connectivity index (χ4n) is 2.89. The van der Waals surface area contributed by atoms with Crippen molar-refractivity contribution in [2.24, 2.45) is 0 Å². The van der Waals surface area contributed by atoms with Crippen LogP contribution in [0.1, 0.15) is 65.7 Å². The second kappa shape index (κ2) is 12.4. The lowest BCUT2D eigenvalue weighted by atomic mass is 10.2. The third-order valence-electron chi connectivity index (χ3n) is 4.70. The van der Waals surface area contributed by atoms with Gasteiger partial charge in [-0.3, -0.25) is 0 Å². The Balaban J connectivity index is 1.89. The minimum atomic E-state index is 0.881. The molecule has 0 aromatic carbocycles. The molecule has 0 aliphatic heterocycles. The number of hydrogen-bond donors (Lipinski definition) is 1. The third-order valence-corrected chi connectivity index (χ3v) is 4.70. The van der Waals surface area contributed by atoms with Crippen molar-refractivity contribution in [1.29, 1.82) is 0 Å². The van der Waals surface area contributed by atoms with E-state index < -0.39 is 0 Å². The van der Waals surface area contributed by atoms with Crippen molar-refractivity contribution < 1.29 is 0 Å². The van der Waals surface area contributed by atoms with Crippen molar-refractivity contribution in [3.63, 3.8) is 0 Å². The van der Waals surface area contributed by atoms with E-state index in [1.807, 2.05) is 0 Å². The molecule has 1 aliphatic carbocycles. The summed E-state index contributed by atoms with van der Waals surface area (Å²) in [5, 5.41) is 3.60. The number of hydrogen-bond acceptors (Lipinski definition) is 3. The van der Waals surface area contributed by atoms with Crippen LogP contribution < -0.4 is 5.32 Å². The molecule has 0 radical (unpaired) electrons. The molecule has 1 N–H and O–H groups in total. The van der Waals surface area contributed by atoms with E-state index in [1.165, 1.54) is 90.8 Å². The molecule has 3 heteroatoms. The van der Waals surface area contributed by atoms with Crippen LogP contribution in [0.5, 0.6) is 0 Å². The van der Waals surface area contributed by atoms with Gasteiger partial charge in [0, 0.05) is 6.04 Å². The summed E-state index contributed by atoms with van der Waals surface area (Å²) in [6.07, 6.45) is 9.70. The Hall–Kier alpha value is -0.120. The maximum atomic E-state index is 3.60. The van der Waals surface area contributed by atoms with Gasteiger partial charge in [-0.2, -0.15) is 0 Å². The zero-order valence-electron chi connectivity index (χ0n) is 14.9. The van der Waals surface area contributed by atoms with Crippen LogP contribution in [0.3, 0.4) is 0 Å². The zero-order valence-corrected chi connectivity index (χ0v) is 14.9. The van der Waals surface area contributed by atoms with E-state index in [1.54, 1.807) is 0 Å². The molecule has 1 saturated carbocycles. The summed E-state index contributed by atoms with van der Waals surface area (Å²) in [5.41, 5.74) is 0. The molecule has 0 heterocycles. The van der Waals surface area contributed by atoms with Crippen LogP contribution in [0, 0.1) is 0 Å². The first-order valence-corrected chi connectivity index (χ1v) is 9.48. The largest absolute Gasteiger partial charge is 0.314 e. The lowest BCUT2D eigenvalue weighted by molar-refractivity contribution is 0.240. The van der Waals surface area contributed by atoms with Crippen molar-refractivity contribution in [3.8, 4) is 0 Å². The molecule has 21 heavy (non-hydrogen) atoms. The normalized spacial score (nSPS) is 15.3. The van der Waals surface area contributed by atoms with Crippen molar-refractivity contribution >= 4 is 0 Å². The predicted molar refractivity (Wildman–Crippen MR) is 94.0 cm³/mol. The van der Waals surface area contributed by atoms with E-state index in [0.717, 1.165) is 6.04 Å². The summed E-state index contributed by atoms with van der Waals surface area (Å²) in [7, 11) is 0. The monoisotopic (exact) mass is 297 g/mol. The summed E-state index contributed by atoms with van der Waals surface area (Å²) < 4.78 is 0. The first-order chi connectivity index (χ1) is 10.3. The summed E-state index contributed by atoms with van der Waals surface area (Å²) in [6.45, 7) is 15.5. The van der Waals surface area contributed by atoms with Crippen LogP contribution in [-0.2, 0) is 0 Å². The van der Waals surface area contributed by atoms with Crippen molar-refractivity contribution in [1.82, 2.24) is 15.1 Å². The van der Waals surface area contributed by atoms with E-state index >= 15 is 0 Å². The Bertz CT molecular complexity index is 225. The Morgan fingerprint density at radius 3 is 1.90 bits per heavy atom. The number of nitrogens with one attached hydrogen (secondary N) is 1. The topological polar surface area (TPSA) is 18.5 Å². The Morgan fingerprint density at radius 2 is 1.29 bits per heavy atom. The minimum Gasteiger partial charge on any atom is -0.314 e. The summed E-state index contributed by atoms with van der Waals surface area (Å²) >= 11 is 0. The molecule has 1 rings (SSSR count). The van der Waals surface area contributed by atoms with Crippen LogP contribution in [-0.4, -0.2) is 61.7 Å². The summed E-state index contributed by atoms with van der Waals surface area (Å²) in [6, 6.07) is 0.881. The standard InChI is InChI=1S/C18H39N3/c1-4-20(5-2)16-11-17-21(6-3)15-10-8-7-9-14-19-18-12-13-18/h18-19H,4-17H2,1-3H3. The van der Waals surface area contributed by atoms with Crippen LogP contribution in [0.25, 0.3) is 0 Å². The second-order valence-corrected chi connectivity index (χ2v) is 6.46. The smallest absolute Gasteiger partial charge is 0.00682 e. The van der Waals surface area contributed by atoms with Gasteiger partial charge in [0.25, 0.3) is 0 Å². The Kier molecular flexibility index (Phi) is 11.2. The Morgan fingerprint density at radius 1 is 0.714 bits per heavy atom. The van der Waals surface area contributed by atoms with E-state index in [9.17, 15) is 0 Å². The maximum Gasteiger partial charge on any atom is 0.00682 e. The molecular formula is C18H39N3. The number of unbranched alkanes of at least 4 members (excludes halogenated alkanes) is 3. The second-order valence-electron chi connectivity index (χ2n) is 6.46. The van der Waals surface area contributed by atoms with Gasteiger partial charge in [-0.15, -0.1) is 0 Å². The maximum absolute atomic E-state index is 3.60. The molecular weight excluding hydrogens is 258 g/mol. The molecule has 0 unspecified atom stereocenters. The quantitative estimate of drug-likeness (QED) is 0.468. The third kappa shape index (κ3) is 10.3. The summed E-state index contributed by atoms with van der Waals surface area (Å²) in [5.74, 6) is 0. The van der Waals surface area contributed by atoms with E-state index in [0.29, 0.717) is 0 Å². The molecule has 0 saturated heterocycles. The minimum absolute atomic E-state index is 0.881.